The van der Waals surface area contributed by atoms with E-state index in [0.717, 1.165) is 25.7 Å². The number of carbonyl (C=O) groups is 1. The normalized spacial score (nSPS) is 19.7. The Morgan fingerprint density at radius 2 is 1.81 bits per heavy atom. The fourth-order valence-electron chi connectivity index (χ4n) is 2.95. The summed E-state index contributed by atoms with van der Waals surface area (Å²) in [6.07, 6.45) is 6.37. The predicted molar refractivity (Wildman–Crippen MR) is 99.2 cm³/mol. The molecule has 3 rings (SSSR count). The minimum atomic E-state index is -0.188. The molecular weight excluding hydrogens is 377 g/mol. The van der Waals surface area contributed by atoms with Crippen LogP contribution >= 0.6 is 23.2 Å². The number of benzene rings is 1. The summed E-state index contributed by atoms with van der Waals surface area (Å²) in [5.41, 5.74) is 0.429. The van der Waals surface area contributed by atoms with Gasteiger partial charge in [-0.15, -0.1) is 0 Å². The number of ether oxygens (including phenoxy) is 2. The van der Waals surface area contributed by atoms with Gasteiger partial charge in [0, 0.05) is 23.5 Å². The average Bonchev–Trinajstić information content (AvgIpc) is 2.63. The zero-order valence-corrected chi connectivity index (χ0v) is 15.8. The van der Waals surface area contributed by atoms with Gasteiger partial charge in [0.2, 0.25) is 0 Å². The van der Waals surface area contributed by atoms with Crippen molar-refractivity contribution in [2.75, 3.05) is 7.11 Å². The molecule has 0 radical (unpaired) electrons. The maximum Gasteiger partial charge on any atom is 0.278 e. The molecule has 6 nitrogen and oxygen atoms in total. The van der Waals surface area contributed by atoms with Crippen LogP contribution in [0, 0.1) is 0 Å². The van der Waals surface area contributed by atoms with E-state index in [1.807, 2.05) is 0 Å². The average molecular weight is 396 g/mol. The molecule has 1 N–H and O–H groups in total. The highest BCUT2D eigenvalue weighted by Crippen LogP contribution is 2.27. The summed E-state index contributed by atoms with van der Waals surface area (Å²) in [5, 5.41) is 3.88. The van der Waals surface area contributed by atoms with E-state index in [0.29, 0.717) is 27.4 Å². The largest absolute Gasteiger partial charge is 0.477 e. The molecule has 1 amide bonds. The third-order valence-electron chi connectivity index (χ3n) is 4.29. The van der Waals surface area contributed by atoms with Crippen molar-refractivity contribution >= 4 is 29.1 Å². The number of nitrogens with zero attached hydrogens (tertiary/aromatic N) is 2. The van der Waals surface area contributed by atoms with Crippen LogP contribution in [0.5, 0.6) is 11.8 Å². The smallest absolute Gasteiger partial charge is 0.278 e. The summed E-state index contributed by atoms with van der Waals surface area (Å²) in [4.78, 5) is 20.6. The topological polar surface area (TPSA) is 73.3 Å². The van der Waals surface area contributed by atoms with Crippen LogP contribution in [0.4, 0.5) is 0 Å². The molecule has 138 valence electrons. The molecule has 2 aromatic rings. The van der Waals surface area contributed by atoms with E-state index in [2.05, 4.69) is 15.3 Å². The van der Waals surface area contributed by atoms with Crippen LogP contribution < -0.4 is 14.8 Å². The van der Waals surface area contributed by atoms with Crippen molar-refractivity contribution < 1.29 is 14.3 Å². The van der Waals surface area contributed by atoms with Gasteiger partial charge in [-0.25, -0.2) is 9.97 Å². The number of amides is 1. The number of hydrogen-bond acceptors (Lipinski definition) is 5. The Morgan fingerprint density at radius 3 is 2.46 bits per heavy atom. The van der Waals surface area contributed by atoms with Gasteiger partial charge < -0.3 is 14.8 Å². The molecule has 1 fully saturated rings. The number of halogens is 2. The van der Waals surface area contributed by atoms with Crippen molar-refractivity contribution in [2.24, 2.45) is 0 Å². The second-order valence-electron chi connectivity index (χ2n) is 6.06. The van der Waals surface area contributed by atoms with E-state index in [1.165, 1.54) is 7.11 Å². The molecule has 1 saturated carbocycles. The Bertz CT molecular complexity index is 780. The molecule has 0 unspecified atom stereocenters. The third kappa shape index (κ3) is 4.56. The summed E-state index contributed by atoms with van der Waals surface area (Å²) < 4.78 is 11.1. The summed E-state index contributed by atoms with van der Waals surface area (Å²) >= 11 is 12.0. The van der Waals surface area contributed by atoms with E-state index in [9.17, 15) is 4.79 Å². The molecule has 0 aliphatic heterocycles. The van der Waals surface area contributed by atoms with E-state index in [4.69, 9.17) is 32.7 Å². The van der Waals surface area contributed by atoms with Gasteiger partial charge in [-0.05, 0) is 43.9 Å². The van der Waals surface area contributed by atoms with Crippen molar-refractivity contribution in [3.05, 3.63) is 46.2 Å². The quantitative estimate of drug-likeness (QED) is 0.830. The molecule has 0 spiro atoms. The Kier molecular flexibility index (Phi) is 6.16. The maximum absolute atomic E-state index is 12.4. The molecular formula is C18H19Cl2N3O3. The highest BCUT2D eigenvalue weighted by molar-refractivity contribution is 6.36. The van der Waals surface area contributed by atoms with Crippen molar-refractivity contribution in [3.8, 4) is 11.8 Å². The van der Waals surface area contributed by atoms with Gasteiger partial charge in [0.15, 0.2) is 0 Å². The zero-order valence-electron chi connectivity index (χ0n) is 14.2. The fourth-order valence-corrected chi connectivity index (χ4v) is 3.45. The Morgan fingerprint density at radius 1 is 1.12 bits per heavy atom. The van der Waals surface area contributed by atoms with Crippen molar-refractivity contribution in [3.63, 3.8) is 0 Å². The first-order chi connectivity index (χ1) is 12.6. The van der Waals surface area contributed by atoms with Crippen molar-refractivity contribution in [2.45, 2.75) is 37.8 Å². The van der Waals surface area contributed by atoms with Gasteiger partial charge in [-0.3, -0.25) is 4.79 Å². The Labute approximate surface area is 161 Å². The van der Waals surface area contributed by atoms with Crippen LogP contribution in [0.25, 0.3) is 0 Å². The fraction of sp³-hybridized carbons (Fsp3) is 0.389. The van der Waals surface area contributed by atoms with E-state index in [-0.39, 0.29) is 18.1 Å². The number of methoxy groups -OCH3 is 1. The lowest BCUT2D eigenvalue weighted by Gasteiger charge is -2.29. The van der Waals surface area contributed by atoms with Crippen LogP contribution in [-0.4, -0.2) is 35.1 Å². The predicted octanol–water partition coefficient (Wildman–Crippen LogP) is 3.91. The number of aromatic nitrogens is 2. The summed E-state index contributed by atoms with van der Waals surface area (Å²) in [6, 6.07) is 4.94. The minimum Gasteiger partial charge on any atom is -0.477 e. The second-order valence-corrected chi connectivity index (χ2v) is 6.90. The molecule has 26 heavy (non-hydrogen) atoms. The second kappa shape index (κ2) is 8.56. The van der Waals surface area contributed by atoms with Crippen LogP contribution in [-0.2, 0) is 0 Å². The van der Waals surface area contributed by atoms with Crippen LogP contribution in [0.15, 0.2) is 30.6 Å². The molecule has 8 heteroatoms. The lowest BCUT2D eigenvalue weighted by molar-refractivity contribution is 0.0886. The Hall–Kier alpha value is -2.05. The van der Waals surface area contributed by atoms with Gasteiger partial charge in [-0.2, -0.15) is 0 Å². The van der Waals surface area contributed by atoms with Gasteiger partial charge in [0.05, 0.1) is 17.7 Å². The van der Waals surface area contributed by atoms with Gasteiger partial charge in [0.25, 0.3) is 17.7 Å². The summed E-state index contributed by atoms with van der Waals surface area (Å²) in [7, 11) is 1.53. The monoisotopic (exact) mass is 395 g/mol. The van der Waals surface area contributed by atoms with Crippen molar-refractivity contribution in [1.29, 1.82) is 0 Å². The van der Waals surface area contributed by atoms with E-state index in [1.54, 1.807) is 30.6 Å². The zero-order chi connectivity index (χ0) is 18.5. The molecule has 1 aromatic carbocycles. The molecule has 1 heterocycles. The molecule has 0 bridgehead atoms. The molecule has 1 aliphatic carbocycles. The molecule has 1 aromatic heterocycles. The molecule has 1 aliphatic rings. The third-order valence-corrected chi connectivity index (χ3v) is 4.84. The highest BCUT2D eigenvalue weighted by atomic mass is 35.5. The van der Waals surface area contributed by atoms with Crippen LogP contribution in [0.2, 0.25) is 10.0 Å². The van der Waals surface area contributed by atoms with Gasteiger partial charge >= 0.3 is 0 Å². The number of hydrogen-bond donors (Lipinski definition) is 1. The summed E-state index contributed by atoms with van der Waals surface area (Å²) in [5.74, 6) is 0.586. The van der Waals surface area contributed by atoms with Gasteiger partial charge in [0.1, 0.15) is 6.10 Å². The first kappa shape index (κ1) is 18.7. The maximum atomic E-state index is 12.4. The SMILES string of the molecule is COc1nccnc1OC1CCC(NC(=O)c2ccc(Cl)cc2Cl)CC1. The lowest BCUT2D eigenvalue weighted by Crippen LogP contribution is -2.39. The number of carbonyl (C=O) groups excluding carboxylic acids is 1. The minimum absolute atomic E-state index is 0.0212. The summed E-state index contributed by atoms with van der Waals surface area (Å²) in [6.45, 7) is 0. The first-order valence-corrected chi connectivity index (χ1v) is 9.10. The van der Waals surface area contributed by atoms with E-state index >= 15 is 0 Å². The van der Waals surface area contributed by atoms with E-state index < -0.39 is 0 Å². The Balaban J connectivity index is 1.53. The first-order valence-electron chi connectivity index (χ1n) is 8.34. The van der Waals surface area contributed by atoms with Gasteiger partial charge in [-0.1, -0.05) is 23.2 Å². The lowest BCUT2D eigenvalue weighted by atomic mass is 9.92. The molecule has 0 saturated heterocycles. The van der Waals surface area contributed by atoms with Crippen LogP contribution in [0.1, 0.15) is 36.0 Å². The molecule has 0 atom stereocenters. The van der Waals surface area contributed by atoms with Crippen LogP contribution in [0.3, 0.4) is 0 Å². The standard InChI is InChI=1S/C18H19Cl2N3O3/c1-25-17-18(22-9-8-21-17)26-13-5-3-12(4-6-13)23-16(24)14-7-2-11(19)10-15(14)20/h2,7-10,12-13H,3-6H2,1H3,(H,23,24). The highest BCUT2D eigenvalue weighted by Gasteiger charge is 2.25. The number of nitrogens with one attached hydrogen (secondary N) is 1. The number of rotatable bonds is 5. The van der Waals surface area contributed by atoms with Crippen molar-refractivity contribution in [1.82, 2.24) is 15.3 Å².